The quantitative estimate of drug-likeness (QED) is 0.766. The molecular formula is C18H22ClN3O3. The predicted molar refractivity (Wildman–Crippen MR) is 96.1 cm³/mol. The van der Waals surface area contributed by atoms with Crippen molar-refractivity contribution in [2.24, 2.45) is 0 Å². The van der Waals surface area contributed by atoms with Crippen LogP contribution in [0.1, 0.15) is 42.7 Å². The molecule has 6 nitrogen and oxygen atoms in total. The molecule has 0 bridgehead atoms. The molecule has 0 aliphatic rings. The summed E-state index contributed by atoms with van der Waals surface area (Å²) >= 11 is 6.30. The van der Waals surface area contributed by atoms with Crippen LogP contribution in [-0.2, 0) is 9.53 Å². The van der Waals surface area contributed by atoms with Gasteiger partial charge in [0.2, 0.25) is 0 Å². The molecule has 1 N–H and O–H groups in total. The average Bonchev–Trinajstić information content (AvgIpc) is 2.88. The average molecular weight is 364 g/mol. The molecule has 25 heavy (non-hydrogen) atoms. The van der Waals surface area contributed by atoms with E-state index in [9.17, 15) is 9.59 Å². The maximum atomic E-state index is 12.3. The number of aromatic nitrogens is 2. The molecule has 1 amide bonds. The first-order valence-corrected chi connectivity index (χ1v) is 8.58. The summed E-state index contributed by atoms with van der Waals surface area (Å²) in [6.45, 7) is 5.27. The molecule has 0 radical (unpaired) electrons. The summed E-state index contributed by atoms with van der Waals surface area (Å²) in [7, 11) is 0. The molecule has 0 saturated heterocycles. The Morgan fingerprint density at radius 2 is 2.00 bits per heavy atom. The lowest BCUT2D eigenvalue weighted by molar-refractivity contribution is -0.124. The largest absolute Gasteiger partial charge is 0.452 e. The van der Waals surface area contributed by atoms with Crippen molar-refractivity contribution in [2.75, 3.05) is 6.61 Å². The van der Waals surface area contributed by atoms with Gasteiger partial charge in [-0.05, 0) is 32.4 Å². The number of carbonyl (C=O) groups is 2. The number of hydrogen-bond acceptors (Lipinski definition) is 4. The Kier molecular flexibility index (Phi) is 6.58. The first-order valence-electron chi connectivity index (χ1n) is 8.21. The van der Waals surface area contributed by atoms with Crippen LogP contribution in [0, 0.1) is 6.92 Å². The molecule has 2 aromatic rings. The van der Waals surface area contributed by atoms with E-state index in [4.69, 9.17) is 16.3 Å². The Labute approximate surface area is 152 Å². The van der Waals surface area contributed by atoms with Gasteiger partial charge >= 0.3 is 5.97 Å². The molecule has 2 rings (SSSR count). The van der Waals surface area contributed by atoms with Crippen molar-refractivity contribution >= 4 is 23.5 Å². The Morgan fingerprint density at radius 3 is 2.64 bits per heavy atom. The van der Waals surface area contributed by atoms with E-state index in [1.807, 2.05) is 44.2 Å². The lowest BCUT2D eigenvalue weighted by Crippen LogP contribution is -2.35. The number of ether oxygens (including phenoxy) is 1. The number of carbonyl (C=O) groups excluding carboxylic acids is 2. The van der Waals surface area contributed by atoms with Crippen molar-refractivity contribution in [2.45, 2.75) is 39.7 Å². The lowest BCUT2D eigenvalue weighted by atomic mass is 10.2. The van der Waals surface area contributed by atoms with Crippen LogP contribution in [0.2, 0.25) is 5.15 Å². The van der Waals surface area contributed by atoms with Crippen molar-refractivity contribution in [1.82, 2.24) is 15.1 Å². The summed E-state index contributed by atoms with van der Waals surface area (Å²) in [5.74, 6) is -0.999. The first-order chi connectivity index (χ1) is 11.9. The standard InChI is InChI=1S/C18H22ClN3O3/c1-4-8-12(2)20-15(23)11-25-18(24)16-13(3)21-22(17(16)19)14-9-6-5-7-10-14/h5-7,9-10,12H,4,8,11H2,1-3H3,(H,20,23)/t12-/m0/s1. The van der Waals surface area contributed by atoms with E-state index in [0.29, 0.717) is 5.69 Å². The molecule has 0 aliphatic carbocycles. The number of benzene rings is 1. The van der Waals surface area contributed by atoms with Crippen molar-refractivity contribution in [3.05, 3.63) is 46.7 Å². The maximum Gasteiger partial charge on any atom is 0.343 e. The molecule has 0 aliphatic heterocycles. The Balaban J connectivity index is 2.05. The number of amides is 1. The molecule has 0 fully saturated rings. The SMILES string of the molecule is CCC[C@H](C)NC(=O)COC(=O)c1c(C)nn(-c2ccccc2)c1Cl. The normalized spacial score (nSPS) is 11.8. The second-order valence-electron chi connectivity index (χ2n) is 5.83. The molecule has 1 aromatic heterocycles. The van der Waals surface area contributed by atoms with Crippen molar-refractivity contribution in [3.63, 3.8) is 0 Å². The minimum absolute atomic E-state index is 0.0438. The van der Waals surface area contributed by atoms with Gasteiger partial charge in [0.05, 0.1) is 11.4 Å². The number of rotatable bonds is 7. The van der Waals surface area contributed by atoms with E-state index in [1.54, 1.807) is 6.92 Å². The second-order valence-corrected chi connectivity index (χ2v) is 6.19. The molecule has 1 aromatic carbocycles. The molecular weight excluding hydrogens is 342 g/mol. The van der Waals surface area contributed by atoms with Crippen LogP contribution in [0.25, 0.3) is 5.69 Å². The number of hydrogen-bond donors (Lipinski definition) is 1. The van der Waals surface area contributed by atoms with Gasteiger partial charge in [-0.1, -0.05) is 43.1 Å². The summed E-state index contributed by atoms with van der Waals surface area (Å²) in [5.41, 5.74) is 1.35. The van der Waals surface area contributed by atoms with Crippen LogP contribution >= 0.6 is 11.6 Å². The number of nitrogens with one attached hydrogen (secondary N) is 1. The van der Waals surface area contributed by atoms with Crippen LogP contribution in [0.4, 0.5) is 0 Å². The Morgan fingerprint density at radius 1 is 1.32 bits per heavy atom. The summed E-state index contributed by atoms with van der Waals surface area (Å²) in [5, 5.41) is 7.22. The van der Waals surface area contributed by atoms with Crippen LogP contribution in [0.15, 0.2) is 30.3 Å². The van der Waals surface area contributed by atoms with Gasteiger partial charge in [0.25, 0.3) is 5.91 Å². The van der Waals surface area contributed by atoms with Crippen molar-refractivity contribution < 1.29 is 14.3 Å². The maximum absolute atomic E-state index is 12.3. The Hall–Kier alpha value is -2.34. The summed E-state index contributed by atoms with van der Waals surface area (Å²) in [6.07, 6.45) is 1.84. The number of aryl methyl sites for hydroxylation is 1. The van der Waals surface area contributed by atoms with E-state index in [-0.39, 0.29) is 29.3 Å². The van der Waals surface area contributed by atoms with E-state index in [2.05, 4.69) is 10.4 Å². The van der Waals surface area contributed by atoms with Gasteiger partial charge in [0, 0.05) is 6.04 Å². The zero-order valence-electron chi connectivity index (χ0n) is 14.6. The smallest absolute Gasteiger partial charge is 0.343 e. The van der Waals surface area contributed by atoms with Gasteiger partial charge in [-0.15, -0.1) is 0 Å². The monoisotopic (exact) mass is 363 g/mol. The fourth-order valence-electron chi connectivity index (χ4n) is 2.50. The Bertz CT molecular complexity index is 744. The minimum atomic E-state index is -0.664. The van der Waals surface area contributed by atoms with Crippen LogP contribution in [0.3, 0.4) is 0 Å². The van der Waals surface area contributed by atoms with Crippen molar-refractivity contribution in [1.29, 1.82) is 0 Å². The third-order valence-corrected chi connectivity index (χ3v) is 4.02. The third-order valence-electron chi connectivity index (χ3n) is 3.67. The van der Waals surface area contributed by atoms with Gasteiger partial charge in [0.1, 0.15) is 10.7 Å². The van der Waals surface area contributed by atoms with E-state index in [1.165, 1.54) is 4.68 Å². The van der Waals surface area contributed by atoms with E-state index in [0.717, 1.165) is 18.5 Å². The van der Waals surface area contributed by atoms with Crippen LogP contribution < -0.4 is 5.32 Å². The number of para-hydroxylation sites is 1. The molecule has 7 heteroatoms. The zero-order valence-corrected chi connectivity index (χ0v) is 15.3. The van der Waals surface area contributed by atoms with E-state index >= 15 is 0 Å². The highest BCUT2D eigenvalue weighted by Crippen LogP contribution is 2.24. The highest BCUT2D eigenvalue weighted by atomic mass is 35.5. The summed E-state index contributed by atoms with van der Waals surface area (Å²) in [6, 6.07) is 9.28. The number of esters is 1. The fourth-order valence-corrected chi connectivity index (χ4v) is 2.85. The van der Waals surface area contributed by atoms with Gasteiger partial charge in [-0.3, -0.25) is 4.79 Å². The number of nitrogens with zero attached hydrogens (tertiary/aromatic N) is 2. The number of halogens is 1. The predicted octanol–water partition coefficient (Wildman–Crippen LogP) is 3.30. The summed E-state index contributed by atoms with van der Waals surface area (Å²) < 4.78 is 6.56. The van der Waals surface area contributed by atoms with Gasteiger partial charge < -0.3 is 10.1 Å². The molecule has 0 spiro atoms. The third kappa shape index (κ3) is 4.82. The first kappa shape index (κ1) is 19.0. The van der Waals surface area contributed by atoms with Crippen molar-refractivity contribution in [3.8, 4) is 5.69 Å². The van der Waals surface area contributed by atoms with Gasteiger partial charge in [-0.2, -0.15) is 5.10 Å². The molecule has 0 unspecified atom stereocenters. The van der Waals surface area contributed by atoms with Gasteiger partial charge in [0.15, 0.2) is 6.61 Å². The van der Waals surface area contributed by atoms with Gasteiger partial charge in [-0.25, -0.2) is 9.48 Å². The van der Waals surface area contributed by atoms with E-state index < -0.39 is 5.97 Å². The molecule has 0 saturated carbocycles. The lowest BCUT2D eigenvalue weighted by Gasteiger charge is -2.12. The highest BCUT2D eigenvalue weighted by molar-refractivity contribution is 6.33. The van der Waals surface area contributed by atoms with Crippen LogP contribution in [-0.4, -0.2) is 34.3 Å². The molecule has 1 atom stereocenters. The highest BCUT2D eigenvalue weighted by Gasteiger charge is 2.23. The fraction of sp³-hybridized carbons (Fsp3) is 0.389. The molecule has 1 heterocycles. The zero-order chi connectivity index (χ0) is 18.4. The minimum Gasteiger partial charge on any atom is -0.452 e. The molecule has 134 valence electrons. The van der Waals surface area contributed by atoms with Crippen LogP contribution in [0.5, 0.6) is 0 Å². The second kappa shape index (κ2) is 8.67. The topological polar surface area (TPSA) is 73.2 Å². The summed E-state index contributed by atoms with van der Waals surface area (Å²) in [4.78, 5) is 24.1.